The number of halogens is 5. The second-order valence-electron chi connectivity index (χ2n) is 2.39. The number of rotatable bonds is 2. The van der Waals surface area contributed by atoms with E-state index in [1.54, 1.807) is 0 Å². The van der Waals surface area contributed by atoms with Gasteiger partial charge in [0.25, 0.3) is 0 Å². The van der Waals surface area contributed by atoms with E-state index in [4.69, 9.17) is 34.8 Å². The summed E-state index contributed by atoms with van der Waals surface area (Å²) in [5.41, 5.74) is -0.236. The predicted octanol–water partition coefficient (Wildman–Crippen LogP) is 3.60. The number of hydrogen-bond acceptors (Lipinski definition) is 1. The lowest BCUT2D eigenvalue weighted by Crippen LogP contribution is -2.10. The first-order valence-corrected chi connectivity index (χ1v) is 4.66. The molecule has 0 radical (unpaired) electrons. The molecule has 0 spiro atoms. The lowest BCUT2D eigenvalue weighted by Gasteiger charge is -2.04. The van der Waals surface area contributed by atoms with Crippen LogP contribution in [0.3, 0.4) is 0 Å². The van der Waals surface area contributed by atoms with Gasteiger partial charge in [-0.15, -0.1) is 0 Å². The first-order chi connectivity index (χ1) is 6.45. The largest absolute Gasteiger partial charge is 0.291 e. The fourth-order valence-electron chi connectivity index (χ4n) is 0.834. The first kappa shape index (κ1) is 11.7. The Morgan fingerprint density at radius 1 is 1.29 bits per heavy atom. The highest BCUT2D eigenvalue weighted by molar-refractivity contribution is 6.56. The highest BCUT2D eigenvalue weighted by Crippen LogP contribution is 2.25. The number of benzene rings is 1. The van der Waals surface area contributed by atoms with Crippen molar-refractivity contribution in [1.82, 2.24) is 0 Å². The molecule has 1 aromatic carbocycles. The van der Waals surface area contributed by atoms with Crippen LogP contribution in [0.2, 0.25) is 5.02 Å². The molecule has 0 aliphatic carbocycles. The third-order valence-corrected chi connectivity index (χ3v) is 2.26. The third-order valence-electron chi connectivity index (χ3n) is 1.50. The molecule has 0 unspecified atom stereocenters. The van der Waals surface area contributed by atoms with Crippen molar-refractivity contribution in [3.63, 3.8) is 0 Å². The van der Waals surface area contributed by atoms with Crippen LogP contribution in [-0.2, 0) is 0 Å². The molecule has 0 fully saturated rings. The maximum atomic E-state index is 12.9. The van der Waals surface area contributed by atoms with E-state index in [0.717, 1.165) is 12.1 Å². The minimum Gasteiger partial charge on any atom is -0.291 e. The molecule has 0 saturated carbocycles. The van der Waals surface area contributed by atoms with Crippen LogP contribution in [0.4, 0.5) is 8.78 Å². The Bertz CT molecular complexity index is 379. The molecule has 0 bridgehead atoms. The molecule has 14 heavy (non-hydrogen) atoms. The summed E-state index contributed by atoms with van der Waals surface area (Å²) >= 11 is 15.9. The van der Waals surface area contributed by atoms with Gasteiger partial charge in [0.15, 0.2) is 22.3 Å². The second-order valence-corrected chi connectivity index (χ2v) is 3.86. The number of carbonyl (C=O) groups is 1. The predicted molar refractivity (Wildman–Crippen MR) is 51.2 cm³/mol. The van der Waals surface area contributed by atoms with E-state index < -0.39 is 27.3 Å². The summed E-state index contributed by atoms with van der Waals surface area (Å²) in [6.45, 7) is 0. The van der Waals surface area contributed by atoms with Gasteiger partial charge in [0, 0.05) is 5.56 Å². The zero-order chi connectivity index (χ0) is 10.9. The minimum absolute atomic E-state index is 0.236. The van der Waals surface area contributed by atoms with Crippen molar-refractivity contribution in [2.75, 3.05) is 0 Å². The average Bonchev–Trinajstić information content (AvgIpc) is 2.13. The molecule has 0 N–H and O–H groups in total. The van der Waals surface area contributed by atoms with Gasteiger partial charge >= 0.3 is 0 Å². The monoisotopic (exact) mass is 258 g/mol. The lowest BCUT2D eigenvalue weighted by atomic mass is 10.1. The van der Waals surface area contributed by atoms with E-state index >= 15 is 0 Å². The first-order valence-electron chi connectivity index (χ1n) is 3.41. The van der Waals surface area contributed by atoms with Gasteiger partial charge in [0.1, 0.15) is 0 Å². The fraction of sp³-hybridized carbons (Fsp3) is 0.125. The summed E-state index contributed by atoms with van der Waals surface area (Å²) in [6, 6.07) is 1.81. The highest BCUT2D eigenvalue weighted by atomic mass is 35.5. The molecule has 0 atom stereocenters. The van der Waals surface area contributed by atoms with Crippen LogP contribution < -0.4 is 0 Å². The molecule has 1 aromatic rings. The Hall–Kier alpha value is -0.380. The van der Waals surface area contributed by atoms with Crippen LogP contribution in [0.25, 0.3) is 0 Å². The van der Waals surface area contributed by atoms with Gasteiger partial charge in [-0.1, -0.05) is 34.8 Å². The molecule has 0 amide bonds. The number of hydrogen-bond donors (Lipinski definition) is 0. The van der Waals surface area contributed by atoms with E-state index in [-0.39, 0.29) is 5.56 Å². The van der Waals surface area contributed by atoms with Gasteiger partial charge in [0.2, 0.25) is 0 Å². The Morgan fingerprint density at radius 2 is 1.86 bits per heavy atom. The normalized spacial score (nSPS) is 10.7. The summed E-state index contributed by atoms with van der Waals surface area (Å²) in [5, 5.41) is -0.610. The van der Waals surface area contributed by atoms with Crippen molar-refractivity contribution in [2.24, 2.45) is 0 Å². The Balaban J connectivity index is 3.24. The molecule has 6 heteroatoms. The molecule has 0 saturated heterocycles. The molecule has 76 valence electrons. The summed E-state index contributed by atoms with van der Waals surface area (Å²) < 4.78 is 25.5. The van der Waals surface area contributed by atoms with Gasteiger partial charge in [0.05, 0.1) is 5.02 Å². The van der Waals surface area contributed by atoms with Crippen molar-refractivity contribution < 1.29 is 13.6 Å². The van der Waals surface area contributed by atoms with Crippen LogP contribution in [-0.4, -0.2) is 10.6 Å². The molecule has 1 nitrogen and oxygen atoms in total. The Morgan fingerprint density at radius 3 is 2.36 bits per heavy atom. The van der Waals surface area contributed by atoms with E-state index in [1.807, 2.05) is 0 Å². The minimum atomic E-state index is -1.35. The zero-order valence-electron chi connectivity index (χ0n) is 6.53. The quantitative estimate of drug-likeness (QED) is 0.450. The molecule has 0 aliphatic rings. The molecule has 1 rings (SSSR count). The summed E-state index contributed by atoms with van der Waals surface area (Å²) in [7, 11) is 0. The standard InChI is InChI=1S/C8H3Cl3F2O/c9-5-3(7(14)8(10)11)1-2-4(12)6(5)13/h1-2,8H. The fourth-order valence-corrected chi connectivity index (χ4v) is 1.32. The van der Waals surface area contributed by atoms with Gasteiger partial charge in [-0.25, -0.2) is 8.78 Å². The van der Waals surface area contributed by atoms with Crippen molar-refractivity contribution >= 4 is 40.6 Å². The summed E-state index contributed by atoms with van der Waals surface area (Å²) in [4.78, 5) is 9.84. The van der Waals surface area contributed by atoms with Crippen molar-refractivity contribution in [3.8, 4) is 0 Å². The number of alkyl halides is 2. The zero-order valence-corrected chi connectivity index (χ0v) is 8.80. The number of ketones is 1. The average molecular weight is 259 g/mol. The summed E-state index contributed by atoms with van der Waals surface area (Å²) in [5.74, 6) is -3.18. The van der Waals surface area contributed by atoms with Crippen LogP contribution in [0.5, 0.6) is 0 Å². The number of carbonyl (C=O) groups excluding carboxylic acids is 1. The van der Waals surface area contributed by atoms with Crippen LogP contribution >= 0.6 is 34.8 Å². The van der Waals surface area contributed by atoms with E-state index in [2.05, 4.69) is 0 Å². The van der Waals surface area contributed by atoms with Crippen LogP contribution in [0.15, 0.2) is 12.1 Å². The molecular weight excluding hydrogens is 256 g/mol. The second kappa shape index (κ2) is 4.43. The topological polar surface area (TPSA) is 17.1 Å². The maximum Gasteiger partial charge on any atom is 0.197 e. The van der Waals surface area contributed by atoms with Crippen LogP contribution in [0, 0.1) is 11.6 Å². The van der Waals surface area contributed by atoms with E-state index in [1.165, 1.54) is 0 Å². The summed E-state index contributed by atoms with van der Waals surface area (Å²) in [6.07, 6.45) is 0. The maximum absolute atomic E-state index is 12.9. The van der Waals surface area contributed by atoms with Crippen LogP contribution in [0.1, 0.15) is 10.4 Å². The van der Waals surface area contributed by atoms with Gasteiger partial charge < -0.3 is 0 Å². The van der Waals surface area contributed by atoms with Gasteiger partial charge in [-0.2, -0.15) is 0 Å². The Kier molecular flexibility index (Phi) is 3.70. The smallest absolute Gasteiger partial charge is 0.197 e. The third kappa shape index (κ3) is 2.16. The SMILES string of the molecule is O=C(c1ccc(F)c(F)c1Cl)C(Cl)Cl. The van der Waals surface area contributed by atoms with Crippen molar-refractivity contribution in [3.05, 3.63) is 34.4 Å². The number of Topliss-reactive ketones (excluding diaryl/α,β-unsaturated/α-hetero) is 1. The van der Waals surface area contributed by atoms with Gasteiger partial charge in [-0.05, 0) is 12.1 Å². The van der Waals surface area contributed by atoms with Crippen molar-refractivity contribution in [2.45, 2.75) is 4.84 Å². The highest BCUT2D eigenvalue weighted by Gasteiger charge is 2.21. The van der Waals surface area contributed by atoms with E-state index in [0.29, 0.717) is 0 Å². The van der Waals surface area contributed by atoms with Gasteiger partial charge in [-0.3, -0.25) is 4.79 Å². The lowest BCUT2D eigenvalue weighted by molar-refractivity contribution is 0.101. The molecule has 0 aromatic heterocycles. The molecule has 0 aliphatic heterocycles. The Labute approximate surface area is 93.6 Å². The molecular formula is C8H3Cl3F2O. The van der Waals surface area contributed by atoms with Crippen molar-refractivity contribution in [1.29, 1.82) is 0 Å². The molecule has 0 heterocycles. The van der Waals surface area contributed by atoms with E-state index in [9.17, 15) is 13.6 Å².